The highest BCUT2D eigenvalue weighted by atomic mass is 15.0. The van der Waals surface area contributed by atoms with E-state index in [2.05, 4.69) is 156 Å². The number of nitrogens with zero attached hydrogens (tertiary/aromatic N) is 4. The van der Waals surface area contributed by atoms with Crippen LogP contribution in [0.3, 0.4) is 0 Å². The smallest absolute Gasteiger partial charge is 0.192 e. The molecule has 46 heavy (non-hydrogen) atoms. The average molecular weight is 591 g/mol. The van der Waals surface area contributed by atoms with Gasteiger partial charge in [-0.05, 0) is 76.7 Å². The predicted octanol–water partition coefficient (Wildman–Crippen LogP) is 11.3. The van der Waals surface area contributed by atoms with E-state index in [-0.39, 0.29) is 5.41 Å². The maximum absolute atomic E-state index is 10.3. The Labute approximate surface area is 267 Å². The van der Waals surface area contributed by atoms with E-state index in [1.165, 1.54) is 21.8 Å². The summed E-state index contributed by atoms with van der Waals surface area (Å²) in [5, 5.41) is 15.0. The minimum absolute atomic E-state index is 0.263. The van der Waals surface area contributed by atoms with Crippen molar-refractivity contribution in [3.05, 3.63) is 150 Å². The fourth-order valence-corrected chi connectivity index (χ4v) is 7.06. The minimum Gasteiger partial charge on any atom is -0.309 e. The third-order valence-corrected chi connectivity index (χ3v) is 9.10. The normalized spacial score (nSPS) is 11.8. The second-order valence-corrected chi connectivity index (χ2v) is 12.8. The zero-order valence-electron chi connectivity index (χ0n) is 25.9. The summed E-state index contributed by atoms with van der Waals surface area (Å²) in [6.07, 6.45) is 0. The van der Waals surface area contributed by atoms with Gasteiger partial charge in [0.1, 0.15) is 0 Å². The Morgan fingerprint density at radius 3 is 2.00 bits per heavy atom. The molecule has 6 aromatic carbocycles. The number of benzene rings is 6. The number of rotatable bonds is 3. The highest BCUT2D eigenvalue weighted by molar-refractivity contribution is 6.17. The van der Waals surface area contributed by atoms with E-state index in [4.69, 9.17) is 6.57 Å². The van der Waals surface area contributed by atoms with Gasteiger partial charge in [-0.25, -0.2) is 4.85 Å². The molecule has 0 atom stereocenters. The molecule has 0 saturated heterocycles. The zero-order chi connectivity index (χ0) is 31.6. The fourth-order valence-electron chi connectivity index (χ4n) is 7.06. The second-order valence-electron chi connectivity index (χ2n) is 12.8. The number of nitriles is 1. The highest BCUT2D eigenvalue weighted by Gasteiger charge is 2.24. The number of hydrogen-bond donors (Lipinski definition) is 0. The molecule has 0 aliphatic rings. The SMILES string of the molecule is [C-]#[N+]c1cc(C#N)c(-n2c3ccccc3c3c(-c4ccc5c(c4)c4ccccc4n5-c4ccccc4)cccc32)cc1C(C)(C)C. The lowest BCUT2D eigenvalue weighted by molar-refractivity contribution is 0.592. The topological polar surface area (TPSA) is 38.0 Å². The molecule has 0 fully saturated rings. The average Bonchev–Trinajstić information content (AvgIpc) is 3.60. The van der Waals surface area contributed by atoms with Gasteiger partial charge in [-0.2, -0.15) is 5.26 Å². The van der Waals surface area contributed by atoms with Gasteiger partial charge in [-0.3, -0.25) is 0 Å². The van der Waals surface area contributed by atoms with Gasteiger partial charge >= 0.3 is 0 Å². The van der Waals surface area contributed by atoms with Crippen molar-refractivity contribution in [3.63, 3.8) is 0 Å². The first-order valence-electron chi connectivity index (χ1n) is 15.5. The predicted molar refractivity (Wildman–Crippen MR) is 190 cm³/mol. The first kappa shape index (κ1) is 27.4. The maximum atomic E-state index is 10.3. The van der Waals surface area contributed by atoms with Gasteiger partial charge in [-0.15, -0.1) is 0 Å². The summed E-state index contributed by atoms with van der Waals surface area (Å²) in [4.78, 5) is 3.80. The van der Waals surface area contributed by atoms with Crippen molar-refractivity contribution in [2.45, 2.75) is 26.2 Å². The van der Waals surface area contributed by atoms with Crippen LogP contribution in [0, 0.1) is 17.9 Å². The van der Waals surface area contributed by atoms with Crippen LogP contribution in [0.15, 0.2) is 127 Å². The van der Waals surface area contributed by atoms with Crippen molar-refractivity contribution < 1.29 is 0 Å². The Balaban J connectivity index is 1.43. The molecule has 0 unspecified atom stereocenters. The number of aromatic nitrogens is 2. The summed E-state index contributed by atoms with van der Waals surface area (Å²) in [5.74, 6) is 0. The second kappa shape index (κ2) is 10.2. The number of fused-ring (bicyclic) bond motifs is 6. The van der Waals surface area contributed by atoms with E-state index in [1.54, 1.807) is 6.07 Å². The van der Waals surface area contributed by atoms with E-state index in [0.29, 0.717) is 11.3 Å². The summed E-state index contributed by atoms with van der Waals surface area (Å²) >= 11 is 0. The Morgan fingerprint density at radius 1 is 0.630 bits per heavy atom. The van der Waals surface area contributed by atoms with Crippen molar-refractivity contribution in [2.24, 2.45) is 0 Å². The van der Waals surface area contributed by atoms with Gasteiger partial charge in [0.2, 0.25) is 0 Å². The van der Waals surface area contributed by atoms with Crippen LogP contribution in [-0.4, -0.2) is 9.13 Å². The van der Waals surface area contributed by atoms with Crippen LogP contribution in [0.5, 0.6) is 0 Å². The molecule has 0 aliphatic carbocycles. The van der Waals surface area contributed by atoms with Crippen LogP contribution in [-0.2, 0) is 5.41 Å². The summed E-state index contributed by atoms with van der Waals surface area (Å²) in [6.45, 7) is 14.2. The molecule has 4 nitrogen and oxygen atoms in total. The first-order chi connectivity index (χ1) is 22.4. The number of para-hydroxylation sites is 3. The molecule has 0 spiro atoms. The molecule has 0 aliphatic heterocycles. The summed E-state index contributed by atoms with van der Waals surface area (Å²) in [5.41, 5.74) is 10.3. The fraction of sp³-hybridized carbons (Fsp3) is 0.0952. The molecule has 2 heterocycles. The largest absolute Gasteiger partial charge is 0.309 e. The molecule has 4 heteroatoms. The molecule has 0 N–H and O–H groups in total. The Morgan fingerprint density at radius 2 is 1.28 bits per heavy atom. The van der Waals surface area contributed by atoms with Crippen LogP contribution >= 0.6 is 0 Å². The maximum Gasteiger partial charge on any atom is 0.192 e. The van der Waals surface area contributed by atoms with E-state index >= 15 is 0 Å². The molecule has 0 saturated carbocycles. The quantitative estimate of drug-likeness (QED) is 0.189. The molecule has 8 rings (SSSR count). The van der Waals surface area contributed by atoms with Crippen LogP contribution in [0.4, 0.5) is 5.69 Å². The van der Waals surface area contributed by atoms with Gasteiger partial charge < -0.3 is 9.13 Å². The lowest BCUT2D eigenvalue weighted by Crippen LogP contribution is -2.13. The monoisotopic (exact) mass is 590 g/mol. The van der Waals surface area contributed by atoms with Crippen LogP contribution in [0.1, 0.15) is 31.9 Å². The molecule has 0 amide bonds. The molecular formula is C42H30N4. The van der Waals surface area contributed by atoms with Crippen molar-refractivity contribution >= 4 is 49.3 Å². The van der Waals surface area contributed by atoms with Crippen LogP contribution < -0.4 is 0 Å². The zero-order valence-corrected chi connectivity index (χ0v) is 25.9. The highest BCUT2D eigenvalue weighted by Crippen LogP contribution is 2.43. The van der Waals surface area contributed by atoms with Crippen molar-refractivity contribution in [1.29, 1.82) is 5.26 Å². The minimum atomic E-state index is -0.263. The van der Waals surface area contributed by atoms with Gasteiger partial charge in [0.25, 0.3) is 0 Å². The Hall–Kier alpha value is -6.10. The van der Waals surface area contributed by atoms with E-state index in [9.17, 15) is 5.26 Å². The van der Waals surface area contributed by atoms with E-state index in [0.717, 1.165) is 49.9 Å². The summed E-state index contributed by atoms with van der Waals surface area (Å²) in [6, 6.07) is 47.0. The number of hydrogen-bond acceptors (Lipinski definition) is 1. The third-order valence-electron chi connectivity index (χ3n) is 9.10. The van der Waals surface area contributed by atoms with Gasteiger partial charge in [-0.1, -0.05) is 93.6 Å². The third kappa shape index (κ3) is 4.05. The van der Waals surface area contributed by atoms with Gasteiger partial charge in [0, 0.05) is 27.2 Å². The summed E-state index contributed by atoms with van der Waals surface area (Å²) in [7, 11) is 0. The van der Waals surface area contributed by atoms with Crippen molar-refractivity contribution in [3.8, 4) is 28.6 Å². The van der Waals surface area contributed by atoms with Crippen molar-refractivity contribution in [1.82, 2.24) is 9.13 Å². The lowest BCUT2D eigenvalue weighted by Gasteiger charge is -2.23. The lowest BCUT2D eigenvalue weighted by atomic mass is 9.84. The Kier molecular flexibility index (Phi) is 6.11. The van der Waals surface area contributed by atoms with Crippen LogP contribution in [0.25, 0.3) is 71.0 Å². The molecule has 0 bridgehead atoms. The molecule has 218 valence electrons. The molecular weight excluding hydrogens is 560 g/mol. The van der Waals surface area contributed by atoms with E-state index < -0.39 is 0 Å². The summed E-state index contributed by atoms with van der Waals surface area (Å²) < 4.78 is 4.54. The van der Waals surface area contributed by atoms with Gasteiger partial charge in [0.05, 0.1) is 46.0 Å². The van der Waals surface area contributed by atoms with Gasteiger partial charge in [0.15, 0.2) is 5.69 Å². The molecule has 8 aromatic rings. The first-order valence-corrected chi connectivity index (χ1v) is 15.5. The molecule has 0 radical (unpaired) electrons. The standard InChI is InChI=1S/C42H30N4/c1-42(2,3)34-25-40(28(26-43)24-35(34)44-4)46-37-19-11-9-16-32(37)41-30(17-12-20-39(41)46)27-21-22-38-33(23-27)31-15-8-10-18-36(31)45(38)29-13-6-5-7-14-29/h5-25H,1-3H3. The molecule has 2 aromatic heterocycles. The Bertz CT molecular complexity index is 2580. The van der Waals surface area contributed by atoms with Crippen molar-refractivity contribution in [2.75, 3.05) is 0 Å². The van der Waals surface area contributed by atoms with E-state index in [1.807, 2.05) is 6.07 Å². The van der Waals surface area contributed by atoms with Crippen LogP contribution in [0.2, 0.25) is 0 Å².